The smallest absolute Gasteiger partial charge is 0.326 e. The van der Waals surface area contributed by atoms with Gasteiger partial charge in [0.15, 0.2) is 6.61 Å². The van der Waals surface area contributed by atoms with Crippen LogP contribution in [0.3, 0.4) is 0 Å². The number of likely N-dealkylation sites (tertiary alicyclic amines) is 1. The molecule has 1 saturated carbocycles. The lowest BCUT2D eigenvalue weighted by atomic mass is 9.73. The van der Waals surface area contributed by atoms with Crippen molar-refractivity contribution in [1.29, 1.82) is 0 Å². The molecule has 0 bridgehead atoms. The Morgan fingerprint density at radius 2 is 1.92 bits per heavy atom. The van der Waals surface area contributed by atoms with E-state index in [2.05, 4.69) is 5.32 Å². The summed E-state index contributed by atoms with van der Waals surface area (Å²) in [6.45, 7) is 2.53. The zero-order chi connectivity index (χ0) is 18.0. The Bertz CT molecular complexity index is 587. The summed E-state index contributed by atoms with van der Waals surface area (Å²) < 4.78 is 4.97. The molecule has 0 aromatic rings. The van der Waals surface area contributed by atoms with E-state index in [9.17, 15) is 19.2 Å². The lowest BCUT2D eigenvalue weighted by Gasteiger charge is -2.36. The maximum absolute atomic E-state index is 12.7. The monoisotopic (exact) mass is 351 g/mol. The van der Waals surface area contributed by atoms with Gasteiger partial charge < -0.3 is 15.0 Å². The van der Waals surface area contributed by atoms with Gasteiger partial charge in [-0.3, -0.25) is 19.3 Å². The molecule has 0 aromatic carbocycles. The van der Waals surface area contributed by atoms with Crippen LogP contribution in [0.4, 0.5) is 4.79 Å². The van der Waals surface area contributed by atoms with Crippen LogP contribution in [0.15, 0.2) is 0 Å². The quantitative estimate of drug-likeness (QED) is 0.593. The SMILES string of the molecule is C[C@@H]1CCCC[C@@]12NC(=O)N(CC(=O)OCC(=O)N1CCCC1)C2=O. The van der Waals surface area contributed by atoms with Gasteiger partial charge in [-0.1, -0.05) is 19.8 Å². The number of carbonyl (C=O) groups is 4. The predicted octanol–water partition coefficient (Wildman–Crippen LogP) is 0.653. The van der Waals surface area contributed by atoms with Gasteiger partial charge in [0.05, 0.1) is 0 Å². The minimum absolute atomic E-state index is 0.0375. The lowest BCUT2D eigenvalue weighted by Crippen LogP contribution is -2.54. The second kappa shape index (κ2) is 7.01. The van der Waals surface area contributed by atoms with Gasteiger partial charge in [0.1, 0.15) is 12.1 Å². The summed E-state index contributed by atoms with van der Waals surface area (Å²) in [6.07, 6.45) is 5.29. The third kappa shape index (κ3) is 3.34. The minimum Gasteiger partial charge on any atom is -0.454 e. The highest BCUT2D eigenvalue weighted by Crippen LogP contribution is 2.38. The van der Waals surface area contributed by atoms with Gasteiger partial charge in [-0.05, 0) is 31.6 Å². The Balaban J connectivity index is 1.55. The highest BCUT2D eigenvalue weighted by atomic mass is 16.5. The molecule has 8 heteroatoms. The second-order valence-corrected chi connectivity index (χ2v) is 7.19. The zero-order valence-electron chi connectivity index (χ0n) is 14.6. The predicted molar refractivity (Wildman–Crippen MR) is 87.4 cm³/mol. The molecule has 0 aromatic heterocycles. The Morgan fingerprint density at radius 3 is 2.60 bits per heavy atom. The standard InChI is InChI=1S/C17H25N3O5/c1-12-6-2-3-7-17(12)15(23)20(16(24)18-17)10-14(22)25-11-13(21)19-8-4-5-9-19/h12H,2-11H2,1H3,(H,18,24)/t12-,17-/m1/s1. The van der Waals surface area contributed by atoms with Crippen LogP contribution >= 0.6 is 0 Å². The Hall–Kier alpha value is -2.12. The summed E-state index contributed by atoms with van der Waals surface area (Å²) in [5, 5.41) is 2.79. The van der Waals surface area contributed by atoms with E-state index in [0.717, 1.165) is 37.0 Å². The molecule has 3 aliphatic rings. The first-order chi connectivity index (χ1) is 11.9. The van der Waals surface area contributed by atoms with E-state index in [4.69, 9.17) is 4.74 Å². The van der Waals surface area contributed by atoms with E-state index in [1.807, 2.05) is 6.92 Å². The zero-order valence-corrected chi connectivity index (χ0v) is 14.6. The molecule has 1 aliphatic carbocycles. The fourth-order valence-electron chi connectivity index (χ4n) is 4.01. The topological polar surface area (TPSA) is 96.0 Å². The summed E-state index contributed by atoms with van der Waals surface area (Å²) in [5.41, 5.74) is -0.888. The minimum atomic E-state index is -0.888. The van der Waals surface area contributed by atoms with E-state index in [1.54, 1.807) is 4.90 Å². The number of amides is 4. The molecule has 25 heavy (non-hydrogen) atoms. The van der Waals surface area contributed by atoms with Crippen LogP contribution in [0.2, 0.25) is 0 Å². The van der Waals surface area contributed by atoms with Gasteiger partial charge in [-0.2, -0.15) is 0 Å². The first-order valence-corrected chi connectivity index (χ1v) is 9.01. The molecule has 1 N–H and O–H groups in total. The molecule has 3 rings (SSSR count). The number of carbonyl (C=O) groups excluding carboxylic acids is 4. The molecule has 8 nitrogen and oxygen atoms in total. The average molecular weight is 351 g/mol. The second-order valence-electron chi connectivity index (χ2n) is 7.19. The molecule has 4 amide bonds. The van der Waals surface area contributed by atoms with Crippen LogP contribution < -0.4 is 5.32 Å². The van der Waals surface area contributed by atoms with E-state index >= 15 is 0 Å². The molecule has 2 aliphatic heterocycles. The van der Waals surface area contributed by atoms with E-state index in [-0.39, 0.29) is 24.3 Å². The highest BCUT2D eigenvalue weighted by Gasteiger charge is 2.55. The summed E-state index contributed by atoms with van der Waals surface area (Å²) in [5.74, 6) is -1.29. The number of rotatable bonds is 4. The molecular weight excluding hydrogens is 326 g/mol. The van der Waals surface area contributed by atoms with Crippen molar-refractivity contribution >= 4 is 23.8 Å². The van der Waals surface area contributed by atoms with Gasteiger partial charge in [0.2, 0.25) is 0 Å². The van der Waals surface area contributed by atoms with Gasteiger partial charge in [-0.25, -0.2) is 4.79 Å². The molecule has 2 atom stereocenters. The summed E-state index contributed by atoms with van der Waals surface area (Å²) in [4.78, 5) is 51.4. The number of hydrogen-bond donors (Lipinski definition) is 1. The van der Waals surface area contributed by atoms with Gasteiger partial charge in [0, 0.05) is 13.1 Å². The Morgan fingerprint density at radius 1 is 1.20 bits per heavy atom. The number of esters is 1. The fraction of sp³-hybridized carbons (Fsp3) is 0.765. The van der Waals surface area contributed by atoms with Crippen molar-refractivity contribution in [3.8, 4) is 0 Å². The van der Waals surface area contributed by atoms with Crippen LogP contribution in [0.1, 0.15) is 45.4 Å². The van der Waals surface area contributed by atoms with Crippen molar-refractivity contribution in [2.45, 2.75) is 51.0 Å². The number of urea groups is 1. The maximum atomic E-state index is 12.7. The van der Waals surface area contributed by atoms with Crippen LogP contribution in [-0.4, -0.2) is 65.4 Å². The molecule has 138 valence electrons. The van der Waals surface area contributed by atoms with Gasteiger partial charge in [0.25, 0.3) is 11.8 Å². The fourth-order valence-corrected chi connectivity index (χ4v) is 4.01. The van der Waals surface area contributed by atoms with Crippen molar-refractivity contribution in [2.24, 2.45) is 5.92 Å². The molecule has 0 radical (unpaired) electrons. The average Bonchev–Trinajstić information content (AvgIpc) is 3.20. The molecule has 2 saturated heterocycles. The first kappa shape index (κ1) is 17.7. The summed E-state index contributed by atoms with van der Waals surface area (Å²) >= 11 is 0. The van der Waals surface area contributed by atoms with Crippen molar-refractivity contribution < 1.29 is 23.9 Å². The van der Waals surface area contributed by atoms with Crippen molar-refractivity contribution in [3.63, 3.8) is 0 Å². The summed E-state index contributed by atoms with van der Waals surface area (Å²) in [6, 6.07) is -0.554. The normalized spacial score (nSPS) is 29.2. The van der Waals surface area contributed by atoms with Crippen LogP contribution in [0, 0.1) is 5.92 Å². The third-order valence-corrected chi connectivity index (χ3v) is 5.60. The van der Waals surface area contributed by atoms with E-state index < -0.39 is 24.1 Å². The maximum Gasteiger partial charge on any atom is 0.326 e. The van der Waals surface area contributed by atoms with Gasteiger partial charge >= 0.3 is 12.0 Å². The highest BCUT2D eigenvalue weighted by molar-refractivity contribution is 6.09. The number of nitrogens with one attached hydrogen (secondary N) is 1. The third-order valence-electron chi connectivity index (χ3n) is 5.60. The number of hydrogen-bond acceptors (Lipinski definition) is 5. The van der Waals surface area contributed by atoms with Gasteiger partial charge in [-0.15, -0.1) is 0 Å². The number of ether oxygens (including phenoxy) is 1. The molecule has 1 spiro atoms. The molecule has 3 fully saturated rings. The Labute approximate surface area is 146 Å². The van der Waals surface area contributed by atoms with Crippen molar-refractivity contribution in [1.82, 2.24) is 15.1 Å². The van der Waals surface area contributed by atoms with Crippen molar-refractivity contribution in [3.05, 3.63) is 0 Å². The molecule has 2 heterocycles. The first-order valence-electron chi connectivity index (χ1n) is 9.01. The molecule has 0 unspecified atom stereocenters. The molecular formula is C17H25N3O5. The Kier molecular flexibility index (Phi) is 4.96. The van der Waals surface area contributed by atoms with Crippen LogP contribution in [0.25, 0.3) is 0 Å². The van der Waals surface area contributed by atoms with E-state index in [0.29, 0.717) is 19.5 Å². The number of nitrogens with zero attached hydrogens (tertiary/aromatic N) is 2. The van der Waals surface area contributed by atoms with Crippen molar-refractivity contribution in [2.75, 3.05) is 26.2 Å². The van der Waals surface area contributed by atoms with Crippen LogP contribution in [-0.2, 0) is 19.1 Å². The van der Waals surface area contributed by atoms with Crippen LogP contribution in [0.5, 0.6) is 0 Å². The largest absolute Gasteiger partial charge is 0.454 e. The lowest BCUT2D eigenvalue weighted by molar-refractivity contribution is -0.153. The van der Waals surface area contributed by atoms with E-state index in [1.165, 1.54) is 0 Å². The summed E-state index contributed by atoms with van der Waals surface area (Å²) in [7, 11) is 0. The number of imide groups is 1.